The normalized spacial score (nSPS) is 10.2. The Labute approximate surface area is 156 Å². The number of nitrogens with zero attached hydrogens (tertiary/aromatic N) is 1. The Morgan fingerprint density at radius 3 is 2.70 bits per heavy atom. The van der Waals surface area contributed by atoms with Gasteiger partial charge in [-0.3, -0.25) is 0 Å². The molecule has 6 heteroatoms. The van der Waals surface area contributed by atoms with Crippen LogP contribution in [0.15, 0.2) is 47.1 Å². The van der Waals surface area contributed by atoms with Gasteiger partial charge in [0.1, 0.15) is 11.5 Å². The van der Waals surface area contributed by atoms with Crippen molar-refractivity contribution in [2.75, 3.05) is 0 Å². The molecule has 2 aromatic heterocycles. The molecule has 4 nitrogen and oxygen atoms in total. The van der Waals surface area contributed by atoms with Crippen LogP contribution in [0.25, 0.3) is 22.4 Å². The molecule has 94 valence electrons. The van der Waals surface area contributed by atoms with Gasteiger partial charge in [-0.05, 0) is 36.4 Å². The molecule has 1 aromatic carbocycles. The molecule has 0 bridgehead atoms. The van der Waals surface area contributed by atoms with Gasteiger partial charge in [0.05, 0.1) is 17.7 Å². The molecule has 0 radical (unpaired) electrons. The molecule has 0 unspecified atom stereocenters. The number of carboxylic acid groups (broad SMARTS) is 1. The van der Waals surface area contributed by atoms with Crippen LogP contribution in [0.4, 0.5) is 4.39 Å². The van der Waals surface area contributed by atoms with E-state index in [4.69, 9.17) is 4.42 Å². The molecular formula is C14H7FKNO3. The second-order valence-corrected chi connectivity index (χ2v) is 3.98. The number of carboxylic acids is 1. The maximum absolute atomic E-state index is 13.2. The first-order chi connectivity index (χ1) is 9.15. The van der Waals surface area contributed by atoms with Crippen LogP contribution >= 0.6 is 0 Å². The van der Waals surface area contributed by atoms with Gasteiger partial charge in [-0.2, -0.15) is 0 Å². The number of hydrogen-bond acceptors (Lipinski definition) is 4. The van der Waals surface area contributed by atoms with Gasteiger partial charge >= 0.3 is 51.4 Å². The number of aromatic carboxylic acids is 1. The van der Waals surface area contributed by atoms with E-state index in [1.807, 2.05) is 0 Å². The standard InChI is InChI=1S/C14H8FNO3.K/c15-8-3-4-11-9(6-8)10(14(17)18)7-12(16-11)13-2-1-5-19-13;/h1-7H,(H,17,18);/q;+1/p-1. The molecule has 0 saturated carbocycles. The Kier molecular flexibility index (Phi) is 4.72. The van der Waals surface area contributed by atoms with Gasteiger partial charge in [-0.25, -0.2) is 9.37 Å². The minimum Gasteiger partial charge on any atom is -0.545 e. The molecule has 0 atom stereocenters. The van der Waals surface area contributed by atoms with Crippen molar-refractivity contribution in [3.05, 3.63) is 54.0 Å². The van der Waals surface area contributed by atoms with E-state index < -0.39 is 11.8 Å². The van der Waals surface area contributed by atoms with Gasteiger partial charge in [0.2, 0.25) is 0 Å². The molecule has 3 aromatic rings. The van der Waals surface area contributed by atoms with Crippen molar-refractivity contribution >= 4 is 16.9 Å². The van der Waals surface area contributed by atoms with E-state index in [0.29, 0.717) is 17.0 Å². The third kappa shape index (κ3) is 2.84. The summed E-state index contributed by atoms with van der Waals surface area (Å²) in [6, 6.07) is 8.42. The monoisotopic (exact) mass is 295 g/mol. The number of rotatable bonds is 2. The molecule has 0 fully saturated rings. The van der Waals surface area contributed by atoms with E-state index in [1.165, 1.54) is 24.5 Å². The molecule has 2 heterocycles. The predicted molar refractivity (Wildman–Crippen MR) is 63.7 cm³/mol. The summed E-state index contributed by atoms with van der Waals surface area (Å²) in [7, 11) is 0. The topological polar surface area (TPSA) is 66.2 Å². The van der Waals surface area contributed by atoms with E-state index >= 15 is 0 Å². The largest absolute Gasteiger partial charge is 1.00 e. The fourth-order valence-corrected chi connectivity index (χ4v) is 1.92. The summed E-state index contributed by atoms with van der Waals surface area (Å²) >= 11 is 0. The molecule has 3 rings (SSSR count). The Morgan fingerprint density at radius 2 is 2.05 bits per heavy atom. The molecule has 0 saturated heterocycles. The number of fused-ring (bicyclic) bond motifs is 1. The van der Waals surface area contributed by atoms with Crippen LogP contribution < -0.4 is 56.5 Å². The minimum atomic E-state index is -1.38. The number of aromatic nitrogens is 1. The summed E-state index contributed by atoms with van der Waals surface area (Å²) < 4.78 is 18.4. The van der Waals surface area contributed by atoms with E-state index in [1.54, 1.807) is 12.1 Å². The van der Waals surface area contributed by atoms with Crippen molar-refractivity contribution < 1.29 is 70.1 Å². The van der Waals surface area contributed by atoms with Crippen molar-refractivity contribution in [1.82, 2.24) is 4.98 Å². The third-order valence-corrected chi connectivity index (χ3v) is 2.76. The molecule has 0 aliphatic carbocycles. The fourth-order valence-electron chi connectivity index (χ4n) is 1.92. The summed E-state index contributed by atoms with van der Waals surface area (Å²) in [4.78, 5) is 15.4. The van der Waals surface area contributed by atoms with Crippen LogP contribution in [0.2, 0.25) is 0 Å². The van der Waals surface area contributed by atoms with Gasteiger partial charge in [0, 0.05) is 10.9 Å². The molecule has 0 aliphatic heterocycles. The number of hydrogen-bond donors (Lipinski definition) is 0. The number of benzene rings is 1. The molecule has 0 N–H and O–H groups in total. The zero-order chi connectivity index (χ0) is 13.4. The van der Waals surface area contributed by atoms with Crippen molar-refractivity contribution in [2.45, 2.75) is 0 Å². The summed E-state index contributed by atoms with van der Waals surface area (Å²) in [5, 5.41) is 11.4. The second kappa shape index (κ2) is 6.15. The Balaban J connectivity index is 0.00000147. The molecule has 0 aliphatic rings. The molecule has 20 heavy (non-hydrogen) atoms. The SMILES string of the molecule is O=C([O-])c1cc(-c2ccco2)nc2ccc(F)cc12.[K+]. The van der Waals surface area contributed by atoms with Crippen LogP contribution in [0.5, 0.6) is 0 Å². The maximum Gasteiger partial charge on any atom is 1.00 e. The average molecular weight is 295 g/mol. The molecular weight excluding hydrogens is 288 g/mol. The number of furan rings is 1. The Bertz CT molecular complexity index is 771. The maximum atomic E-state index is 13.2. The quantitative estimate of drug-likeness (QED) is 0.569. The first-order valence-corrected chi connectivity index (χ1v) is 5.50. The average Bonchev–Trinajstić information content (AvgIpc) is 2.91. The van der Waals surface area contributed by atoms with Crippen LogP contribution in [-0.4, -0.2) is 11.0 Å². The van der Waals surface area contributed by atoms with Crippen molar-refractivity contribution in [3.8, 4) is 11.5 Å². The number of halogens is 1. The van der Waals surface area contributed by atoms with Gasteiger partial charge in [0.15, 0.2) is 5.76 Å². The van der Waals surface area contributed by atoms with Gasteiger partial charge in [-0.1, -0.05) is 0 Å². The van der Waals surface area contributed by atoms with Gasteiger partial charge < -0.3 is 14.3 Å². The number of carbonyl (C=O) groups excluding carboxylic acids is 1. The van der Waals surface area contributed by atoms with Crippen molar-refractivity contribution in [2.24, 2.45) is 0 Å². The molecule has 0 spiro atoms. The van der Waals surface area contributed by atoms with Crippen LogP contribution in [-0.2, 0) is 0 Å². The first kappa shape index (κ1) is 15.3. The van der Waals surface area contributed by atoms with E-state index in [0.717, 1.165) is 6.07 Å². The fraction of sp³-hybridized carbons (Fsp3) is 0. The summed E-state index contributed by atoms with van der Waals surface area (Å²) in [6.07, 6.45) is 1.46. The molecule has 0 amide bonds. The van der Waals surface area contributed by atoms with Gasteiger partial charge in [-0.15, -0.1) is 0 Å². The predicted octanol–water partition coefficient (Wildman–Crippen LogP) is -0.999. The van der Waals surface area contributed by atoms with Crippen LogP contribution in [0, 0.1) is 5.82 Å². The minimum absolute atomic E-state index is 0. The summed E-state index contributed by atoms with van der Waals surface area (Å²) in [5.74, 6) is -1.47. The van der Waals surface area contributed by atoms with Crippen LogP contribution in [0.1, 0.15) is 10.4 Å². The third-order valence-electron chi connectivity index (χ3n) is 2.76. The smallest absolute Gasteiger partial charge is 0.545 e. The summed E-state index contributed by atoms with van der Waals surface area (Å²) in [5.41, 5.74) is 0.619. The number of carbonyl (C=O) groups is 1. The van der Waals surface area contributed by atoms with E-state index in [9.17, 15) is 14.3 Å². The van der Waals surface area contributed by atoms with E-state index in [-0.39, 0.29) is 62.3 Å². The first-order valence-electron chi connectivity index (χ1n) is 5.50. The van der Waals surface area contributed by atoms with Crippen molar-refractivity contribution in [3.63, 3.8) is 0 Å². The number of pyridine rings is 1. The Hall–Kier alpha value is -1.05. The summed E-state index contributed by atoms with van der Waals surface area (Å²) in [6.45, 7) is 0. The second-order valence-electron chi connectivity index (χ2n) is 3.98. The van der Waals surface area contributed by atoms with Gasteiger partial charge in [0.25, 0.3) is 0 Å². The zero-order valence-electron chi connectivity index (χ0n) is 10.6. The zero-order valence-corrected chi connectivity index (χ0v) is 13.7. The van der Waals surface area contributed by atoms with E-state index in [2.05, 4.69) is 4.98 Å². The van der Waals surface area contributed by atoms with Crippen LogP contribution in [0.3, 0.4) is 0 Å². The Morgan fingerprint density at radius 1 is 1.25 bits per heavy atom. The van der Waals surface area contributed by atoms with Crippen molar-refractivity contribution in [1.29, 1.82) is 0 Å².